The highest BCUT2D eigenvalue weighted by Gasteiger charge is 2.18. The van der Waals surface area contributed by atoms with E-state index in [4.69, 9.17) is 14.2 Å². The number of aromatic nitrogens is 1. The van der Waals surface area contributed by atoms with Crippen LogP contribution in [0.4, 0.5) is 5.69 Å². The fourth-order valence-corrected chi connectivity index (χ4v) is 5.85. The summed E-state index contributed by atoms with van der Waals surface area (Å²) in [5.74, 6) is 0.973. The molecule has 1 saturated heterocycles. The third kappa shape index (κ3) is 7.21. The second-order valence-corrected chi connectivity index (χ2v) is 11.6. The summed E-state index contributed by atoms with van der Waals surface area (Å²) in [6, 6.07) is 17.8. The number of thiophene rings is 1. The van der Waals surface area contributed by atoms with Crippen LogP contribution < -0.4 is 15.2 Å². The molecule has 2 aromatic heterocycles. The minimum Gasteiger partial charge on any atom is -0.494 e. The second kappa shape index (κ2) is 13.6. The van der Waals surface area contributed by atoms with E-state index < -0.39 is 6.48 Å². The van der Waals surface area contributed by atoms with Crippen molar-refractivity contribution in [2.75, 3.05) is 50.8 Å². The highest BCUT2D eigenvalue weighted by Crippen LogP contribution is 2.31. The zero-order chi connectivity index (χ0) is 27.9. The molecule has 0 bridgehead atoms. The van der Waals surface area contributed by atoms with E-state index in [0.717, 1.165) is 51.0 Å². The van der Waals surface area contributed by atoms with Crippen molar-refractivity contribution in [1.82, 2.24) is 9.47 Å². The Bertz CT molecular complexity index is 1440. The van der Waals surface area contributed by atoms with Crippen LogP contribution in [0.25, 0.3) is 21.0 Å². The van der Waals surface area contributed by atoms with Gasteiger partial charge in [0.2, 0.25) is 0 Å². The van der Waals surface area contributed by atoms with Crippen molar-refractivity contribution in [3.63, 3.8) is 0 Å². The summed E-state index contributed by atoms with van der Waals surface area (Å²) in [6.07, 6.45) is 2.02. The SMILES string of the molecule is CC(C)COC(O)OCn1c(=O)ccc2ccc(OCCCCN3CCN(c4cccc5sccc45)CC3)cc21. The number of nitrogens with zero attached hydrogens (tertiary/aromatic N) is 3. The lowest BCUT2D eigenvalue weighted by Crippen LogP contribution is -2.46. The van der Waals surface area contributed by atoms with Gasteiger partial charge in [-0.1, -0.05) is 19.9 Å². The number of piperazine rings is 1. The molecule has 5 rings (SSSR count). The second-order valence-electron chi connectivity index (χ2n) is 10.6. The first kappa shape index (κ1) is 28.6. The fourth-order valence-electron chi connectivity index (χ4n) is 5.05. The molecule has 3 heterocycles. The maximum atomic E-state index is 12.5. The number of anilines is 1. The Morgan fingerprint density at radius 3 is 2.62 bits per heavy atom. The molecule has 40 heavy (non-hydrogen) atoms. The minimum atomic E-state index is -1.39. The van der Waals surface area contributed by atoms with Gasteiger partial charge in [-0.2, -0.15) is 0 Å². The van der Waals surface area contributed by atoms with E-state index in [0.29, 0.717) is 24.5 Å². The topological polar surface area (TPSA) is 76.4 Å². The molecule has 9 heteroatoms. The van der Waals surface area contributed by atoms with Crippen LogP contribution in [0.5, 0.6) is 5.75 Å². The largest absolute Gasteiger partial charge is 0.494 e. The molecule has 214 valence electrons. The lowest BCUT2D eigenvalue weighted by molar-refractivity contribution is -0.279. The predicted octanol–water partition coefficient (Wildman–Crippen LogP) is 5.12. The van der Waals surface area contributed by atoms with Crippen molar-refractivity contribution in [2.45, 2.75) is 39.9 Å². The molecular weight excluding hydrogens is 526 g/mol. The summed E-state index contributed by atoms with van der Waals surface area (Å²) < 4.78 is 19.5. The van der Waals surface area contributed by atoms with Crippen LogP contribution >= 0.6 is 11.3 Å². The molecule has 1 unspecified atom stereocenters. The number of benzene rings is 2. The number of ether oxygens (including phenoxy) is 3. The van der Waals surface area contributed by atoms with Crippen LogP contribution in [0.3, 0.4) is 0 Å². The van der Waals surface area contributed by atoms with Crippen molar-refractivity contribution in [2.24, 2.45) is 5.92 Å². The Labute approximate surface area is 239 Å². The molecule has 0 radical (unpaired) electrons. The average Bonchev–Trinajstić information content (AvgIpc) is 3.45. The van der Waals surface area contributed by atoms with Gasteiger partial charge in [0.15, 0.2) is 0 Å². The highest BCUT2D eigenvalue weighted by atomic mass is 32.1. The number of unbranched alkanes of at least 4 members (excludes halogenated alkanes) is 1. The lowest BCUT2D eigenvalue weighted by Gasteiger charge is -2.36. The summed E-state index contributed by atoms with van der Waals surface area (Å²) in [7, 11) is 0. The molecule has 0 aliphatic carbocycles. The van der Waals surface area contributed by atoms with Gasteiger partial charge < -0.3 is 24.2 Å². The lowest BCUT2D eigenvalue weighted by atomic mass is 10.2. The molecule has 1 aliphatic heterocycles. The molecule has 1 aliphatic rings. The molecule has 8 nitrogen and oxygen atoms in total. The number of hydrogen-bond acceptors (Lipinski definition) is 8. The van der Waals surface area contributed by atoms with Gasteiger partial charge in [-0.05, 0) is 72.5 Å². The molecular formula is C31H39N3O5S. The zero-order valence-corrected chi connectivity index (χ0v) is 24.1. The van der Waals surface area contributed by atoms with Gasteiger partial charge in [0.25, 0.3) is 12.0 Å². The molecule has 4 aromatic rings. The predicted molar refractivity (Wildman–Crippen MR) is 161 cm³/mol. The molecule has 1 atom stereocenters. The van der Waals surface area contributed by atoms with Gasteiger partial charge in [0, 0.05) is 54.1 Å². The minimum absolute atomic E-state index is 0.117. The van der Waals surface area contributed by atoms with E-state index in [1.54, 1.807) is 17.4 Å². The monoisotopic (exact) mass is 565 g/mol. The average molecular weight is 566 g/mol. The zero-order valence-electron chi connectivity index (χ0n) is 23.3. The number of hydrogen-bond donors (Lipinski definition) is 1. The first-order valence-electron chi connectivity index (χ1n) is 14.1. The van der Waals surface area contributed by atoms with Gasteiger partial charge in [-0.15, -0.1) is 11.3 Å². The van der Waals surface area contributed by atoms with Crippen LogP contribution in [0, 0.1) is 5.92 Å². The molecule has 2 aromatic carbocycles. The molecule has 0 amide bonds. The van der Waals surface area contributed by atoms with Gasteiger partial charge in [-0.3, -0.25) is 14.3 Å². The number of pyridine rings is 1. The van der Waals surface area contributed by atoms with Gasteiger partial charge >= 0.3 is 0 Å². The first-order valence-corrected chi connectivity index (χ1v) is 15.0. The van der Waals surface area contributed by atoms with Crippen molar-refractivity contribution in [3.05, 3.63) is 70.3 Å². The van der Waals surface area contributed by atoms with Gasteiger partial charge in [0.05, 0.1) is 18.7 Å². The summed E-state index contributed by atoms with van der Waals surface area (Å²) in [5.41, 5.74) is 1.83. The standard InChI is InChI=1S/C31H39N3O5S/c1-23(2)21-38-31(36)39-22-34-28-20-25(10-8-24(28)9-11-30(34)35)37-18-4-3-13-32-14-16-33(17-15-32)27-6-5-7-29-26(27)12-19-40-29/h5-12,19-20,23,31,36H,3-4,13-18,21-22H2,1-2H3. The normalized spacial score (nSPS) is 15.3. The number of aliphatic hydroxyl groups excluding tert-OH is 1. The van der Waals surface area contributed by atoms with Crippen LogP contribution in [0.1, 0.15) is 26.7 Å². The summed E-state index contributed by atoms with van der Waals surface area (Å²) in [5, 5.41) is 14.4. The Hall–Kier alpha value is -2.95. The highest BCUT2D eigenvalue weighted by molar-refractivity contribution is 7.17. The number of fused-ring (bicyclic) bond motifs is 2. The molecule has 0 spiro atoms. The summed E-state index contributed by atoms with van der Waals surface area (Å²) in [4.78, 5) is 17.6. The van der Waals surface area contributed by atoms with Crippen LogP contribution in [0.15, 0.2) is 64.8 Å². The van der Waals surface area contributed by atoms with E-state index >= 15 is 0 Å². The third-order valence-electron chi connectivity index (χ3n) is 7.21. The molecule has 1 fully saturated rings. The van der Waals surface area contributed by atoms with Gasteiger partial charge in [0.1, 0.15) is 12.5 Å². The van der Waals surface area contributed by atoms with E-state index in [2.05, 4.69) is 39.4 Å². The Kier molecular flexibility index (Phi) is 9.72. The van der Waals surface area contributed by atoms with Crippen molar-refractivity contribution in [1.29, 1.82) is 0 Å². The van der Waals surface area contributed by atoms with Crippen LogP contribution in [-0.4, -0.2) is 67.0 Å². The number of aliphatic hydroxyl groups is 1. The fraction of sp³-hybridized carbons (Fsp3) is 0.452. The van der Waals surface area contributed by atoms with Crippen molar-refractivity contribution in [3.8, 4) is 5.75 Å². The molecule has 1 N–H and O–H groups in total. The number of rotatable bonds is 13. The maximum Gasteiger partial charge on any atom is 0.270 e. The van der Waals surface area contributed by atoms with Crippen LogP contribution in [-0.2, 0) is 16.2 Å². The smallest absolute Gasteiger partial charge is 0.270 e. The molecule has 0 saturated carbocycles. The quantitative estimate of drug-likeness (QED) is 0.178. The Morgan fingerprint density at radius 2 is 1.80 bits per heavy atom. The van der Waals surface area contributed by atoms with Crippen molar-refractivity contribution >= 4 is 38.0 Å². The van der Waals surface area contributed by atoms with E-state index in [1.807, 2.05) is 32.0 Å². The summed E-state index contributed by atoms with van der Waals surface area (Å²) >= 11 is 1.80. The van der Waals surface area contributed by atoms with E-state index in [1.165, 1.54) is 26.4 Å². The van der Waals surface area contributed by atoms with Gasteiger partial charge in [-0.25, -0.2) is 0 Å². The first-order chi connectivity index (χ1) is 19.5. The maximum absolute atomic E-state index is 12.5. The van der Waals surface area contributed by atoms with Crippen molar-refractivity contribution < 1.29 is 19.3 Å². The Morgan fingerprint density at radius 1 is 0.975 bits per heavy atom. The Balaban J connectivity index is 1.07. The summed E-state index contributed by atoms with van der Waals surface area (Å²) in [6.45, 7) is 8.76. The third-order valence-corrected chi connectivity index (χ3v) is 8.09. The van der Waals surface area contributed by atoms with E-state index in [-0.39, 0.29) is 18.2 Å². The van der Waals surface area contributed by atoms with Crippen LogP contribution in [0.2, 0.25) is 0 Å². The van der Waals surface area contributed by atoms with E-state index in [9.17, 15) is 9.90 Å².